The Balaban J connectivity index is 2.11. The molecule has 0 unspecified atom stereocenters. The van der Waals surface area contributed by atoms with Crippen molar-refractivity contribution in [2.45, 2.75) is 32.6 Å². The van der Waals surface area contributed by atoms with E-state index in [0.29, 0.717) is 5.56 Å². The first-order valence-electron chi connectivity index (χ1n) is 11.9. The maximum atomic E-state index is 12.7. The minimum absolute atomic E-state index is 0.0479. The highest BCUT2D eigenvalue weighted by molar-refractivity contribution is 5.91. The van der Waals surface area contributed by atoms with Crippen LogP contribution < -0.4 is 14.2 Å². The van der Waals surface area contributed by atoms with Gasteiger partial charge in [-0.2, -0.15) is 0 Å². The van der Waals surface area contributed by atoms with Crippen molar-refractivity contribution in [2.24, 2.45) is 0 Å². The summed E-state index contributed by atoms with van der Waals surface area (Å²) in [6.45, 7) is 6.66. The van der Waals surface area contributed by atoms with Crippen LogP contribution in [-0.4, -0.2) is 54.9 Å². The summed E-state index contributed by atoms with van der Waals surface area (Å²) in [4.78, 5) is 36.0. The lowest BCUT2D eigenvalue weighted by molar-refractivity contribution is -0.146. The summed E-state index contributed by atoms with van der Waals surface area (Å²) < 4.78 is 26.0. The van der Waals surface area contributed by atoms with E-state index in [1.807, 2.05) is 12.1 Å². The van der Waals surface area contributed by atoms with Gasteiger partial charge in [0, 0.05) is 18.2 Å². The SMILES string of the molecule is C=C(CO)C(=O)OCOc1cc(OCOC(=O)C(=C)CO)cc(OC(=O)c2ccc(CCCCC)cc2)c1. The Morgan fingerprint density at radius 1 is 0.763 bits per heavy atom. The van der Waals surface area contributed by atoms with Gasteiger partial charge in [0.2, 0.25) is 13.6 Å². The minimum Gasteiger partial charge on any atom is -0.457 e. The second kappa shape index (κ2) is 15.9. The maximum absolute atomic E-state index is 12.7. The highest BCUT2D eigenvalue weighted by atomic mass is 16.7. The number of aliphatic hydroxyl groups excluding tert-OH is 2. The summed E-state index contributed by atoms with van der Waals surface area (Å²) in [6, 6.07) is 11.2. The molecule has 0 heterocycles. The van der Waals surface area contributed by atoms with Crippen LogP contribution in [0.4, 0.5) is 0 Å². The van der Waals surface area contributed by atoms with Gasteiger partial charge in [0.1, 0.15) is 17.2 Å². The third-order valence-electron chi connectivity index (χ3n) is 5.11. The van der Waals surface area contributed by atoms with Gasteiger partial charge in [-0.05, 0) is 30.5 Å². The van der Waals surface area contributed by atoms with Crippen LogP contribution >= 0.6 is 0 Å². The predicted octanol–water partition coefficient (Wildman–Crippen LogP) is 3.49. The summed E-state index contributed by atoms with van der Waals surface area (Å²) in [6.07, 6.45) is 4.26. The number of rotatable bonds is 16. The number of hydrogen-bond acceptors (Lipinski definition) is 10. The van der Waals surface area contributed by atoms with Gasteiger partial charge in [-0.15, -0.1) is 0 Å². The molecule has 0 fully saturated rings. The molecular formula is C28H32O10. The highest BCUT2D eigenvalue weighted by Crippen LogP contribution is 2.29. The van der Waals surface area contributed by atoms with Crippen molar-refractivity contribution in [1.82, 2.24) is 0 Å². The number of benzene rings is 2. The molecule has 2 aromatic rings. The number of aliphatic hydroxyl groups is 2. The van der Waals surface area contributed by atoms with Crippen LogP contribution in [0.3, 0.4) is 0 Å². The molecule has 0 bridgehead atoms. The van der Waals surface area contributed by atoms with Crippen molar-refractivity contribution >= 4 is 17.9 Å². The number of esters is 3. The van der Waals surface area contributed by atoms with Crippen molar-refractivity contribution in [3.8, 4) is 17.2 Å². The van der Waals surface area contributed by atoms with Crippen LogP contribution in [0.25, 0.3) is 0 Å². The molecule has 10 nitrogen and oxygen atoms in total. The van der Waals surface area contributed by atoms with Gasteiger partial charge >= 0.3 is 17.9 Å². The average Bonchev–Trinajstić information content (AvgIpc) is 2.92. The third kappa shape index (κ3) is 10.1. The largest absolute Gasteiger partial charge is 0.457 e. The fraction of sp³-hybridized carbons (Fsp3) is 0.321. The quantitative estimate of drug-likeness (QED) is 0.109. The van der Waals surface area contributed by atoms with Gasteiger partial charge in [-0.25, -0.2) is 14.4 Å². The molecule has 38 heavy (non-hydrogen) atoms. The number of carbonyl (C=O) groups excluding carboxylic acids is 3. The topological polar surface area (TPSA) is 138 Å². The van der Waals surface area contributed by atoms with Crippen molar-refractivity contribution < 1.29 is 48.3 Å². The summed E-state index contributed by atoms with van der Waals surface area (Å²) in [7, 11) is 0. The van der Waals surface area contributed by atoms with Gasteiger partial charge < -0.3 is 33.9 Å². The Kier molecular flexibility index (Phi) is 12.5. The molecule has 0 aromatic heterocycles. The standard InChI is InChI=1S/C28H32O10/c1-4-5-6-7-21-8-10-22(11-9-21)28(33)38-25-13-23(34-17-36-26(31)19(2)15-29)12-24(14-25)35-18-37-27(32)20(3)16-30/h8-14,29-30H,2-7,15-18H2,1H3. The number of aryl methyl sites for hydroxylation is 1. The molecule has 2 aromatic carbocycles. The molecule has 10 heteroatoms. The molecule has 0 aliphatic rings. The second-order valence-corrected chi connectivity index (χ2v) is 8.09. The van der Waals surface area contributed by atoms with E-state index >= 15 is 0 Å². The van der Waals surface area contributed by atoms with Crippen LogP contribution in [0.5, 0.6) is 17.2 Å². The normalized spacial score (nSPS) is 10.3. The first-order chi connectivity index (χ1) is 18.3. The van der Waals surface area contributed by atoms with Crippen LogP contribution in [0.2, 0.25) is 0 Å². The zero-order valence-corrected chi connectivity index (χ0v) is 21.3. The van der Waals surface area contributed by atoms with Crippen LogP contribution in [0.15, 0.2) is 66.8 Å². The molecule has 0 aliphatic carbocycles. The van der Waals surface area contributed by atoms with Crippen molar-refractivity contribution in [3.63, 3.8) is 0 Å². The van der Waals surface area contributed by atoms with E-state index in [1.165, 1.54) is 18.2 Å². The fourth-order valence-electron chi connectivity index (χ4n) is 2.96. The number of hydrogen-bond donors (Lipinski definition) is 2. The highest BCUT2D eigenvalue weighted by Gasteiger charge is 2.14. The summed E-state index contributed by atoms with van der Waals surface area (Å²) >= 11 is 0. The Morgan fingerprint density at radius 3 is 1.74 bits per heavy atom. The molecular weight excluding hydrogens is 496 g/mol. The van der Waals surface area contributed by atoms with E-state index in [4.69, 9.17) is 33.9 Å². The molecule has 2 rings (SSSR count). The van der Waals surface area contributed by atoms with Crippen LogP contribution in [-0.2, 0) is 25.5 Å². The van der Waals surface area contributed by atoms with Gasteiger partial charge in [-0.1, -0.05) is 45.1 Å². The number of ether oxygens (including phenoxy) is 5. The average molecular weight is 529 g/mol. The second-order valence-electron chi connectivity index (χ2n) is 8.09. The Bertz CT molecular complexity index is 1070. The van der Waals surface area contributed by atoms with Crippen molar-refractivity contribution in [1.29, 1.82) is 0 Å². The molecule has 0 saturated carbocycles. The molecule has 0 atom stereocenters. The molecule has 0 saturated heterocycles. The zero-order valence-electron chi connectivity index (χ0n) is 21.3. The number of unbranched alkanes of at least 4 members (excludes halogenated alkanes) is 2. The minimum atomic E-state index is -0.847. The van der Waals surface area contributed by atoms with E-state index in [-0.39, 0.29) is 28.4 Å². The lowest BCUT2D eigenvalue weighted by atomic mass is 10.1. The monoisotopic (exact) mass is 528 g/mol. The van der Waals surface area contributed by atoms with Gasteiger partial charge in [0.25, 0.3) is 0 Å². The summed E-state index contributed by atoms with van der Waals surface area (Å²) in [5.74, 6) is -2.06. The van der Waals surface area contributed by atoms with Gasteiger partial charge in [0.05, 0.1) is 29.9 Å². The van der Waals surface area contributed by atoms with E-state index in [9.17, 15) is 14.4 Å². The lowest BCUT2D eigenvalue weighted by Gasteiger charge is -2.13. The smallest absolute Gasteiger partial charge is 0.343 e. The van der Waals surface area contributed by atoms with E-state index < -0.39 is 44.7 Å². The molecule has 0 amide bonds. The zero-order chi connectivity index (χ0) is 27.9. The maximum Gasteiger partial charge on any atom is 0.343 e. The van der Waals surface area contributed by atoms with Crippen LogP contribution in [0.1, 0.15) is 42.1 Å². The van der Waals surface area contributed by atoms with E-state index in [0.717, 1.165) is 31.2 Å². The van der Waals surface area contributed by atoms with Gasteiger partial charge in [0.15, 0.2) is 0 Å². The van der Waals surface area contributed by atoms with Gasteiger partial charge in [-0.3, -0.25) is 0 Å². The Hall–Kier alpha value is -4.15. The Labute approximate surface area is 221 Å². The van der Waals surface area contributed by atoms with E-state index in [1.54, 1.807) is 12.1 Å². The Morgan fingerprint density at radius 2 is 1.26 bits per heavy atom. The summed E-state index contributed by atoms with van der Waals surface area (Å²) in [5.41, 5.74) is 1.16. The third-order valence-corrected chi connectivity index (χ3v) is 5.11. The summed E-state index contributed by atoms with van der Waals surface area (Å²) in [5, 5.41) is 17.9. The molecule has 0 aliphatic heterocycles. The van der Waals surface area contributed by atoms with Crippen molar-refractivity contribution in [3.05, 3.63) is 77.9 Å². The lowest BCUT2D eigenvalue weighted by Crippen LogP contribution is -2.15. The first-order valence-corrected chi connectivity index (χ1v) is 11.9. The first kappa shape index (κ1) is 30.1. The fourth-order valence-corrected chi connectivity index (χ4v) is 2.96. The molecule has 0 spiro atoms. The van der Waals surface area contributed by atoms with E-state index in [2.05, 4.69) is 20.1 Å². The molecule has 0 radical (unpaired) electrons. The van der Waals surface area contributed by atoms with Crippen LogP contribution in [0, 0.1) is 0 Å². The molecule has 204 valence electrons. The number of carbonyl (C=O) groups is 3. The van der Waals surface area contributed by atoms with Crippen molar-refractivity contribution in [2.75, 3.05) is 26.8 Å². The molecule has 2 N–H and O–H groups in total. The predicted molar refractivity (Wildman–Crippen MR) is 137 cm³/mol.